The Labute approximate surface area is 111 Å². The van der Waals surface area contributed by atoms with Crippen molar-refractivity contribution in [2.75, 3.05) is 25.4 Å². The van der Waals surface area contributed by atoms with Crippen molar-refractivity contribution < 1.29 is 4.79 Å². The van der Waals surface area contributed by atoms with Gasteiger partial charge in [-0.1, -0.05) is 18.3 Å². The second kappa shape index (κ2) is 5.67. The predicted molar refractivity (Wildman–Crippen MR) is 73.9 cm³/mol. The molecule has 0 unspecified atom stereocenters. The normalized spacial score (nSPS) is 17.9. The number of nitrogens with two attached hydrogens (primary N) is 1. The van der Waals surface area contributed by atoms with Crippen LogP contribution in [0.25, 0.3) is 0 Å². The van der Waals surface area contributed by atoms with E-state index in [1.807, 2.05) is 6.92 Å². The Morgan fingerprint density at radius 1 is 1.56 bits per heavy atom. The molecule has 0 radical (unpaired) electrons. The topological polar surface area (TPSA) is 71.2 Å². The Bertz CT molecular complexity index is 424. The molecule has 0 aromatic carbocycles. The van der Waals surface area contributed by atoms with Gasteiger partial charge < -0.3 is 16.0 Å². The number of thiazole rings is 1. The Morgan fingerprint density at radius 2 is 2.22 bits per heavy atom. The van der Waals surface area contributed by atoms with Gasteiger partial charge in [0.1, 0.15) is 4.88 Å². The molecule has 5 nitrogen and oxygen atoms in total. The fraction of sp³-hybridized carbons (Fsp3) is 0.667. The number of carbonyl (C=O) groups excluding carboxylic acids is 1. The van der Waals surface area contributed by atoms with Crippen molar-refractivity contribution in [3.63, 3.8) is 0 Å². The Kier molecular flexibility index (Phi) is 4.19. The molecule has 3 N–H and O–H groups in total. The van der Waals surface area contributed by atoms with Gasteiger partial charge in [-0.15, -0.1) is 0 Å². The van der Waals surface area contributed by atoms with Crippen LogP contribution in [0.4, 0.5) is 5.13 Å². The van der Waals surface area contributed by atoms with Crippen LogP contribution in [0.5, 0.6) is 0 Å². The molecule has 1 aromatic rings. The van der Waals surface area contributed by atoms with E-state index >= 15 is 0 Å². The lowest BCUT2D eigenvalue weighted by molar-refractivity contribution is 0.0916. The van der Waals surface area contributed by atoms with E-state index < -0.39 is 0 Å². The molecule has 1 aliphatic heterocycles. The highest BCUT2D eigenvalue weighted by Crippen LogP contribution is 2.20. The molecule has 1 aliphatic rings. The van der Waals surface area contributed by atoms with E-state index in [9.17, 15) is 4.79 Å². The maximum atomic E-state index is 12.1. The summed E-state index contributed by atoms with van der Waals surface area (Å²) in [5.74, 6) is -0.0309. The molecule has 18 heavy (non-hydrogen) atoms. The molecular formula is C12H20N4OS. The summed E-state index contributed by atoms with van der Waals surface area (Å²) in [7, 11) is 0. The smallest absolute Gasteiger partial charge is 0.263 e. The van der Waals surface area contributed by atoms with Gasteiger partial charge in [-0.2, -0.15) is 0 Å². The zero-order valence-corrected chi connectivity index (χ0v) is 11.7. The average molecular weight is 268 g/mol. The molecule has 1 fully saturated rings. The number of likely N-dealkylation sites (tertiary alicyclic amines) is 1. The van der Waals surface area contributed by atoms with Crippen molar-refractivity contribution in [3.05, 3.63) is 10.6 Å². The molecule has 0 saturated carbocycles. The number of nitrogens with zero attached hydrogens (tertiary/aromatic N) is 2. The fourth-order valence-corrected chi connectivity index (χ4v) is 3.01. The van der Waals surface area contributed by atoms with Crippen molar-refractivity contribution in [1.82, 2.24) is 15.2 Å². The maximum Gasteiger partial charge on any atom is 0.263 e. The first-order valence-corrected chi connectivity index (χ1v) is 7.18. The van der Waals surface area contributed by atoms with E-state index in [1.165, 1.54) is 11.3 Å². The largest absolute Gasteiger partial charge is 0.375 e. The van der Waals surface area contributed by atoms with Gasteiger partial charge in [0.15, 0.2) is 5.13 Å². The van der Waals surface area contributed by atoms with Crippen LogP contribution < -0.4 is 11.1 Å². The number of aromatic nitrogens is 1. The molecule has 2 rings (SSSR count). The van der Waals surface area contributed by atoms with Crippen LogP contribution in [0.2, 0.25) is 0 Å². The standard InChI is InChI=1S/C12H20N4OS/c1-3-16-6-4-9(5-7-16)15-11(17)10-8(2)14-12(13)18-10/h9H,3-7H2,1-2H3,(H2,13,14)(H,15,17). The van der Waals surface area contributed by atoms with E-state index in [1.54, 1.807) is 0 Å². The molecule has 6 heteroatoms. The first-order chi connectivity index (χ1) is 8.60. The number of nitrogens with one attached hydrogen (secondary N) is 1. The van der Waals surface area contributed by atoms with Gasteiger partial charge in [0, 0.05) is 19.1 Å². The van der Waals surface area contributed by atoms with E-state index in [2.05, 4.69) is 22.1 Å². The van der Waals surface area contributed by atoms with Crippen LogP contribution in [0, 0.1) is 6.92 Å². The van der Waals surface area contributed by atoms with Gasteiger partial charge in [0.2, 0.25) is 0 Å². The van der Waals surface area contributed by atoms with Crippen LogP contribution in [0.1, 0.15) is 35.1 Å². The molecule has 0 atom stereocenters. The minimum atomic E-state index is -0.0309. The maximum absolute atomic E-state index is 12.1. The van der Waals surface area contributed by atoms with Crippen LogP contribution >= 0.6 is 11.3 Å². The first-order valence-electron chi connectivity index (χ1n) is 6.36. The monoisotopic (exact) mass is 268 g/mol. The fourth-order valence-electron chi connectivity index (χ4n) is 2.27. The van der Waals surface area contributed by atoms with Gasteiger partial charge in [-0.05, 0) is 26.3 Å². The number of hydrogen-bond donors (Lipinski definition) is 2. The second-order valence-electron chi connectivity index (χ2n) is 4.65. The minimum Gasteiger partial charge on any atom is -0.375 e. The number of hydrogen-bond acceptors (Lipinski definition) is 5. The summed E-state index contributed by atoms with van der Waals surface area (Å²) < 4.78 is 0. The highest BCUT2D eigenvalue weighted by molar-refractivity contribution is 7.17. The summed E-state index contributed by atoms with van der Waals surface area (Å²) in [6, 6.07) is 0.281. The van der Waals surface area contributed by atoms with Crippen molar-refractivity contribution in [2.24, 2.45) is 0 Å². The molecule has 2 heterocycles. The van der Waals surface area contributed by atoms with E-state index in [0.29, 0.717) is 10.0 Å². The number of carbonyl (C=O) groups is 1. The SMILES string of the molecule is CCN1CCC(NC(=O)c2sc(N)nc2C)CC1. The van der Waals surface area contributed by atoms with Gasteiger partial charge in [-0.25, -0.2) is 4.98 Å². The summed E-state index contributed by atoms with van der Waals surface area (Å²) in [5.41, 5.74) is 6.33. The van der Waals surface area contributed by atoms with Crippen LogP contribution in [0.3, 0.4) is 0 Å². The number of anilines is 1. The molecular weight excluding hydrogens is 248 g/mol. The molecule has 1 saturated heterocycles. The van der Waals surface area contributed by atoms with Gasteiger partial charge in [0.25, 0.3) is 5.91 Å². The molecule has 0 aliphatic carbocycles. The van der Waals surface area contributed by atoms with Crippen molar-refractivity contribution in [1.29, 1.82) is 0 Å². The van der Waals surface area contributed by atoms with Gasteiger partial charge in [0.05, 0.1) is 5.69 Å². The summed E-state index contributed by atoms with van der Waals surface area (Å²) >= 11 is 1.26. The summed E-state index contributed by atoms with van der Waals surface area (Å²) in [6.07, 6.45) is 2.04. The van der Waals surface area contributed by atoms with Crippen LogP contribution in [-0.2, 0) is 0 Å². The number of rotatable bonds is 3. The Balaban J connectivity index is 1.90. The number of piperidine rings is 1. The lowest BCUT2D eigenvalue weighted by Gasteiger charge is -2.31. The third kappa shape index (κ3) is 3.00. The number of aryl methyl sites for hydroxylation is 1. The number of nitrogen functional groups attached to an aromatic ring is 1. The molecule has 100 valence electrons. The quantitative estimate of drug-likeness (QED) is 0.865. The lowest BCUT2D eigenvalue weighted by Crippen LogP contribution is -2.44. The summed E-state index contributed by atoms with van der Waals surface area (Å²) in [4.78, 5) is 19.2. The zero-order valence-electron chi connectivity index (χ0n) is 10.9. The Hall–Kier alpha value is -1.14. The predicted octanol–water partition coefficient (Wildman–Crippen LogP) is 1.25. The van der Waals surface area contributed by atoms with Crippen LogP contribution in [0.15, 0.2) is 0 Å². The van der Waals surface area contributed by atoms with Gasteiger partial charge in [-0.3, -0.25) is 4.79 Å². The Morgan fingerprint density at radius 3 is 2.72 bits per heavy atom. The van der Waals surface area contributed by atoms with Crippen molar-refractivity contribution in [3.8, 4) is 0 Å². The van der Waals surface area contributed by atoms with E-state index in [0.717, 1.165) is 38.2 Å². The minimum absolute atomic E-state index is 0.0309. The lowest BCUT2D eigenvalue weighted by atomic mass is 10.1. The number of amides is 1. The van der Waals surface area contributed by atoms with E-state index in [-0.39, 0.29) is 11.9 Å². The molecule has 0 bridgehead atoms. The van der Waals surface area contributed by atoms with Gasteiger partial charge >= 0.3 is 0 Å². The first kappa shape index (κ1) is 13.3. The molecule has 1 aromatic heterocycles. The molecule has 0 spiro atoms. The average Bonchev–Trinajstić information content (AvgIpc) is 2.69. The highest BCUT2D eigenvalue weighted by Gasteiger charge is 2.22. The van der Waals surface area contributed by atoms with E-state index in [4.69, 9.17) is 5.73 Å². The van der Waals surface area contributed by atoms with Crippen molar-refractivity contribution >= 4 is 22.4 Å². The van der Waals surface area contributed by atoms with Crippen LogP contribution in [-0.4, -0.2) is 41.5 Å². The highest BCUT2D eigenvalue weighted by atomic mass is 32.1. The zero-order chi connectivity index (χ0) is 13.1. The molecule has 1 amide bonds. The third-order valence-electron chi connectivity index (χ3n) is 3.39. The second-order valence-corrected chi connectivity index (χ2v) is 5.68. The van der Waals surface area contributed by atoms with Crippen molar-refractivity contribution in [2.45, 2.75) is 32.7 Å². The summed E-state index contributed by atoms with van der Waals surface area (Å²) in [6.45, 7) is 7.20. The third-order valence-corrected chi connectivity index (χ3v) is 4.37. The summed E-state index contributed by atoms with van der Waals surface area (Å²) in [5, 5.41) is 3.54.